The van der Waals surface area contributed by atoms with Gasteiger partial charge in [-0.1, -0.05) is 42.5 Å². The summed E-state index contributed by atoms with van der Waals surface area (Å²) >= 11 is 5.62. The maximum atomic E-state index is 13.3. The summed E-state index contributed by atoms with van der Waals surface area (Å²) in [6.07, 6.45) is -0.136. The Hall–Kier alpha value is -3.65. The Morgan fingerprint density at radius 1 is 0.848 bits per heavy atom. The molecule has 3 aromatic carbocycles. The van der Waals surface area contributed by atoms with Gasteiger partial charge >= 0.3 is 0 Å². The van der Waals surface area contributed by atoms with E-state index in [9.17, 15) is 18.4 Å². The van der Waals surface area contributed by atoms with E-state index in [2.05, 4.69) is 5.32 Å². The number of anilines is 1. The van der Waals surface area contributed by atoms with Crippen molar-refractivity contribution in [1.82, 2.24) is 9.80 Å². The van der Waals surface area contributed by atoms with Crippen LogP contribution in [0.1, 0.15) is 17.5 Å². The molecule has 0 spiro atoms. The third-order valence-corrected chi connectivity index (χ3v) is 5.82. The van der Waals surface area contributed by atoms with Gasteiger partial charge in [-0.25, -0.2) is 8.78 Å². The number of rotatable bonds is 7. The molecule has 33 heavy (non-hydrogen) atoms. The Balaban J connectivity index is 1.55. The SMILES string of the molecule is O=C(C[C@@H]1C(=O)N(Cc2ccccc2)C(=S)N1Cc1ccc(F)cc1)Nc1ccc(F)cc1. The fraction of sp³-hybridized carbons (Fsp3) is 0.160. The minimum Gasteiger partial charge on any atom is -0.332 e. The first-order valence-corrected chi connectivity index (χ1v) is 10.8. The van der Waals surface area contributed by atoms with Crippen molar-refractivity contribution >= 4 is 34.8 Å². The molecular weight excluding hydrogens is 444 g/mol. The van der Waals surface area contributed by atoms with Crippen molar-refractivity contribution in [3.63, 3.8) is 0 Å². The standard InChI is InChI=1S/C25H21F2N3O2S/c26-19-8-6-18(7-9-19)15-29-22(14-23(31)28-21-12-10-20(27)11-13-21)24(32)30(25(29)33)16-17-4-2-1-3-5-17/h1-13,22H,14-16H2,(H,28,31)/t22-/m1/s1. The number of hydrogen-bond acceptors (Lipinski definition) is 3. The lowest BCUT2D eigenvalue weighted by Crippen LogP contribution is -2.37. The third-order valence-electron chi connectivity index (χ3n) is 5.36. The molecule has 1 aliphatic heterocycles. The summed E-state index contributed by atoms with van der Waals surface area (Å²) < 4.78 is 26.5. The number of carbonyl (C=O) groups is 2. The second kappa shape index (κ2) is 9.87. The second-order valence-electron chi connectivity index (χ2n) is 7.72. The summed E-state index contributed by atoms with van der Waals surface area (Å²) in [5.74, 6) is -1.44. The van der Waals surface area contributed by atoms with Crippen molar-refractivity contribution in [3.05, 3.63) is 102 Å². The number of benzene rings is 3. The largest absolute Gasteiger partial charge is 0.332 e. The van der Waals surface area contributed by atoms with E-state index in [1.54, 1.807) is 17.0 Å². The molecule has 1 heterocycles. The second-order valence-corrected chi connectivity index (χ2v) is 8.09. The van der Waals surface area contributed by atoms with Crippen molar-refractivity contribution in [3.8, 4) is 0 Å². The van der Waals surface area contributed by atoms with Gasteiger partial charge in [0.1, 0.15) is 17.7 Å². The zero-order valence-corrected chi connectivity index (χ0v) is 18.4. The van der Waals surface area contributed by atoms with Gasteiger partial charge in [0.2, 0.25) is 5.91 Å². The molecule has 168 valence electrons. The van der Waals surface area contributed by atoms with Crippen LogP contribution in [0.3, 0.4) is 0 Å². The first-order chi connectivity index (χ1) is 15.9. The molecular formula is C25H21F2N3O2S. The Bertz CT molecular complexity index is 1150. The maximum Gasteiger partial charge on any atom is 0.252 e. The molecule has 0 bridgehead atoms. The zero-order valence-electron chi connectivity index (χ0n) is 17.6. The number of nitrogens with zero attached hydrogens (tertiary/aromatic N) is 2. The fourth-order valence-corrected chi connectivity index (χ4v) is 4.04. The van der Waals surface area contributed by atoms with E-state index in [1.807, 2.05) is 30.3 Å². The average molecular weight is 466 g/mol. The van der Waals surface area contributed by atoms with E-state index in [1.165, 1.54) is 41.3 Å². The normalized spacial score (nSPS) is 15.8. The van der Waals surface area contributed by atoms with Crippen LogP contribution in [0.15, 0.2) is 78.9 Å². The molecule has 0 aliphatic carbocycles. The van der Waals surface area contributed by atoms with E-state index < -0.39 is 17.8 Å². The van der Waals surface area contributed by atoms with Crippen LogP contribution < -0.4 is 5.32 Å². The monoisotopic (exact) mass is 465 g/mol. The van der Waals surface area contributed by atoms with Gasteiger partial charge < -0.3 is 10.2 Å². The smallest absolute Gasteiger partial charge is 0.252 e. The quantitative estimate of drug-likeness (QED) is 0.523. The molecule has 3 aromatic rings. The van der Waals surface area contributed by atoms with E-state index in [0.717, 1.165) is 11.1 Å². The van der Waals surface area contributed by atoms with Crippen molar-refractivity contribution in [2.75, 3.05) is 5.32 Å². The minimum absolute atomic E-state index is 0.136. The molecule has 1 saturated heterocycles. The van der Waals surface area contributed by atoms with Crippen molar-refractivity contribution in [2.45, 2.75) is 25.6 Å². The lowest BCUT2D eigenvalue weighted by Gasteiger charge is -2.24. The predicted molar refractivity (Wildman–Crippen MR) is 125 cm³/mol. The molecule has 1 fully saturated rings. The summed E-state index contributed by atoms with van der Waals surface area (Å²) in [6.45, 7) is 0.541. The first kappa shape index (κ1) is 22.5. The van der Waals surface area contributed by atoms with Crippen LogP contribution in [0, 0.1) is 11.6 Å². The number of amides is 2. The highest BCUT2D eigenvalue weighted by Gasteiger charge is 2.43. The van der Waals surface area contributed by atoms with Crippen LogP contribution in [-0.4, -0.2) is 32.8 Å². The number of carbonyl (C=O) groups excluding carboxylic acids is 2. The molecule has 1 aliphatic rings. The number of thiocarbonyl (C=S) groups is 1. The molecule has 0 radical (unpaired) electrons. The van der Waals surface area contributed by atoms with Gasteiger partial charge in [0.25, 0.3) is 5.91 Å². The van der Waals surface area contributed by atoms with Gasteiger partial charge in [-0.15, -0.1) is 0 Å². The highest BCUT2D eigenvalue weighted by Crippen LogP contribution is 2.26. The van der Waals surface area contributed by atoms with Gasteiger partial charge in [0.15, 0.2) is 5.11 Å². The molecule has 8 heteroatoms. The zero-order chi connectivity index (χ0) is 23.4. The van der Waals surface area contributed by atoms with E-state index in [-0.39, 0.29) is 31.2 Å². The van der Waals surface area contributed by atoms with Gasteiger partial charge in [-0.2, -0.15) is 0 Å². The maximum absolute atomic E-state index is 13.3. The highest BCUT2D eigenvalue weighted by atomic mass is 32.1. The molecule has 4 rings (SSSR count). The van der Waals surface area contributed by atoms with Gasteiger partial charge in [0, 0.05) is 12.2 Å². The molecule has 0 saturated carbocycles. The first-order valence-electron chi connectivity index (χ1n) is 10.4. The lowest BCUT2D eigenvalue weighted by atomic mass is 10.1. The predicted octanol–water partition coefficient (Wildman–Crippen LogP) is 4.49. The molecule has 0 unspecified atom stereocenters. The Labute approximate surface area is 195 Å². The Kier molecular flexibility index (Phi) is 6.74. The molecule has 1 N–H and O–H groups in total. The Morgan fingerprint density at radius 3 is 2.06 bits per heavy atom. The highest BCUT2D eigenvalue weighted by molar-refractivity contribution is 7.80. The van der Waals surface area contributed by atoms with E-state index in [4.69, 9.17) is 12.2 Å². The van der Waals surface area contributed by atoms with E-state index >= 15 is 0 Å². The van der Waals surface area contributed by atoms with Crippen LogP contribution >= 0.6 is 12.2 Å². The van der Waals surface area contributed by atoms with Gasteiger partial charge in [-0.3, -0.25) is 14.5 Å². The van der Waals surface area contributed by atoms with Crippen LogP contribution in [-0.2, 0) is 22.7 Å². The van der Waals surface area contributed by atoms with Crippen molar-refractivity contribution in [1.29, 1.82) is 0 Å². The van der Waals surface area contributed by atoms with Crippen molar-refractivity contribution < 1.29 is 18.4 Å². The van der Waals surface area contributed by atoms with Crippen LogP contribution in [0.5, 0.6) is 0 Å². The summed E-state index contributed by atoms with van der Waals surface area (Å²) in [7, 11) is 0. The van der Waals surface area contributed by atoms with Crippen LogP contribution in [0.2, 0.25) is 0 Å². The number of nitrogens with one attached hydrogen (secondary N) is 1. The van der Waals surface area contributed by atoms with Crippen LogP contribution in [0.4, 0.5) is 14.5 Å². The van der Waals surface area contributed by atoms with Crippen molar-refractivity contribution in [2.24, 2.45) is 0 Å². The molecule has 1 atom stereocenters. The summed E-state index contributed by atoms with van der Waals surface area (Å²) in [4.78, 5) is 29.2. The lowest BCUT2D eigenvalue weighted by molar-refractivity contribution is -0.131. The fourth-order valence-electron chi connectivity index (χ4n) is 3.69. The Morgan fingerprint density at radius 2 is 1.42 bits per heavy atom. The van der Waals surface area contributed by atoms with Gasteiger partial charge in [-0.05, 0) is 59.7 Å². The average Bonchev–Trinajstić information content (AvgIpc) is 3.02. The minimum atomic E-state index is -0.813. The van der Waals surface area contributed by atoms with Crippen LogP contribution in [0.25, 0.3) is 0 Å². The summed E-state index contributed by atoms with van der Waals surface area (Å²) in [5.41, 5.74) is 2.10. The van der Waals surface area contributed by atoms with Gasteiger partial charge in [0.05, 0.1) is 13.0 Å². The molecule has 2 amide bonds. The topological polar surface area (TPSA) is 52.7 Å². The summed E-state index contributed by atoms with van der Waals surface area (Å²) in [5, 5.41) is 3.00. The molecule has 5 nitrogen and oxygen atoms in total. The number of halogens is 2. The van der Waals surface area contributed by atoms with E-state index in [0.29, 0.717) is 10.8 Å². The number of hydrogen-bond donors (Lipinski definition) is 1. The molecule has 0 aromatic heterocycles. The third kappa shape index (κ3) is 5.40. The summed E-state index contributed by atoms with van der Waals surface area (Å²) in [6, 6.07) is 19.9.